The van der Waals surface area contributed by atoms with Crippen LogP contribution in [0.4, 0.5) is 5.82 Å². The molecule has 0 atom stereocenters. The van der Waals surface area contributed by atoms with E-state index in [9.17, 15) is 8.42 Å². The molecule has 26 heavy (non-hydrogen) atoms. The Hall–Kier alpha value is -3.20. The molecule has 0 radical (unpaired) electrons. The normalized spacial score (nSPS) is 11.7. The van der Waals surface area contributed by atoms with Crippen LogP contribution in [0, 0.1) is 6.92 Å². The Morgan fingerprint density at radius 3 is 2.77 bits per heavy atom. The van der Waals surface area contributed by atoms with Gasteiger partial charge in [-0.25, -0.2) is 22.7 Å². The maximum absolute atomic E-state index is 13.3. The van der Waals surface area contributed by atoms with Gasteiger partial charge >= 0.3 is 0 Å². The van der Waals surface area contributed by atoms with Crippen LogP contribution in [0.25, 0.3) is 11.1 Å². The van der Waals surface area contributed by atoms with Crippen molar-refractivity contribution >= 4 is 26.9 Å². The molecule has 0 N–H and O–H groups in total. The number of nitrogens with zero attached hydrogens (tertiary/aromatic N) is 4. The minimum atomic E-state index is -3.94. The second-order valence-electron chi connectivity index (χ2n) is 5.57. The second-order valence-corrected chi connectivity index (χ2v) is 7.43. The minimum Gasteiger partial charge on any atom is -0.467 e. The molecule has 0 bridgehead atoms. The Morgan fingerprint density at radius 2 is 2.04 bits per heavy atom. The predicted molar refractivity (Wildman–Crippen MR) is 92.9 cm³/mol. The molecule has 0 saturated carbocycles. The Bertz CT molecular complexity index is 1140. The van der Waals surface area contributed by atoms with E-state index in [0.29, 0.717) is 16.8 Å². The highest BCUT2D eigenvalue weighted by molar-refractivity contribution is 7.92. The smallest absolute Gasteiger partial charge is 0.267 e. The fraction of sp³-hybridized carbons (Fsp3) is 0.118. The van der Waals surface area contributed by atoms with Gasteiger partial charge < -0.3 is 8.94 Å². The van der Waals surface area contributed by atoms with Gasteiger partial charge in [-0.1, -0.05) is 11.2 Å². The summed E-state index contributed by atoms with van der Waals surface area (Å²) in [4.78, 5) is 8.26. The molecule has 4 rings (SSSR count). The Balaban J connectivity index is 1.83. The van der Waals surface area contributed by atoms with E-state index in [1.165, 1.54) is 29.0 Å². The molecule has 132 valence electrons. The van der Waals surface area contributed by atoms with Crippen LogP contribution in [0.15, 0.2) is 68.9 Å². The zero-order valence-corrected chi connectivity index (χ0v) is 14.5. The van der Waals surface area contributed by atoms with Crippen LogP contribution < -0.4 is 4.31 Å². The van der Waals surface area contributed by atoms with Crippen molar-refractivity contribution in [3.63, 3.8) is 0 Å². The number of aryl methyl sites for hydroxylation is 1. The van der Waals surface area contributed by atoms with Gasteiger partial charge in [0.1, 0.15) is 16.5 Å². The first-order valence-corrected chi connectivity index (χ1v) is 9.18. The predicted octanol–water partition coefficient (Wildman–Crippen LogP) is 2.91. The molecular formula is C17H14N4O4S. The summed E-state index contributed by atoms with van der Waals surface area (Å²) < 4.78 is 38.1. The van der Waals surface area contributed by atoms with Crippen LogP contribution in [0.3, 0.4) is 0 Å². The van der Waals surface area contributed by atoms with Crippen molar-refractivity contribution in [3.05, 3.63) is 66.5 Å². The van der Waals surface area contributed by atoms with Gasteiger partial charge in [0.15, 0.2) is 0 Å². The number of anilines is 1. The highest BCUT2D eigenvalue weighted by atomic mass is 32.2. The van der Waals surface area contributed by atoms with E-state index in [1.54, 1.807) is 37.3 Å². The SMILES string of the molecule is Cc1noc2ncc(S(=O)(=O)N(Cc3ccco3)c3ccccn3)cc12. The lowest BCUT2D eigenvalue weighted by Crippen LogP contribution is -2.31. The molecular weight excluding hydrogens is 356 g/mol. The summed E-state index contributed by atoms with van der Waals surface area (Å²) in [6, 6.07) is 9.97. The van der Waals surface area contributed by atoms with E-state index in [-0.39, 0.29) is 23.0 Å². The molecule has 0 aliphatic carbocycles. The van der Waals surface area contributed by atoms with Crippen molar-refractivity contribution < 1.29 is 17.4 Å². The zero-order chi connectivity index (χ0) is 18.1. The van der Waals surface area contributed by atoms with Crippen molar-refractivity contribution in [3.8, 4) is 0 Å². The molecule has 0 spiro atoms. The summed E-state index contributed by atoms with van der Waals surface area (Å²) in [7, 11) is -3.94. The van der Waals surface area contributed by atoms with Crippen molar-refractivity contribution in [1.82, 2.24) is 15.1 Å². The maximum atomic E-state index is 13.3. The number of aromatic nitrogens is 3. The van der Waals surface area contributed by atoms with E-state index in [0.717, 1.165) is 0 Å². The zero-order valence-electron chi connectivity index (χ0n) is 13.7. The summed E-state index contributed by atoms with van der Waals surface area (Å²) in [6.07, 6.45) is 4.28. The molecule has 4 heterocycles. The van der Waals surface area contributed by atoms with Gasteiger partial charge in [0.2, 0.25) is 0 Å². The average molecular weight is 370 g/mol. The highest BCUT2D eigenvalue weighted by Crippen LogP contribution is 2.26. The minimum absolute atomic E-state index is 0.00695. The number of hydrogen-bond acceptors (Lipinski definition) is 7. The van der Waals surface area contributed by atoms with Gasteiger partial charge in [-0.15, -0.1) is 0 Å². The largest absolute Gasteiger partial charge is 0.467 e. The number of sulfonamides is 1. The first kappa shape index (κ1) is 16.3. The number of pyridine rings is 2. The second kappa shape index (κ2) is 6.26. The molecule has 0 amide bonds. The Morgan fingerprint density at radius 1 is 1.15 bits per heavy atom. The van der Waals surface area contributed by atoms with Crippen molar-refractivity contribution in [2.75, 3.05) is 4.31 Å². The van der Waals surface area contributed by atoms with Gasteiger partial charge in [0.05, 0.1) is 30.1 Å². The van der Waals surface area contributed by atoms with Crippen molar-refractivity contribution in [2.24, 2.45) is 0 Å². The number of hydrogen-bond donors (Lipinski definition) is 0. The molecule has 0 aromatic carbocycles. The summed E-state index contributed by atoms with van der Waals surface area (Å²) in [5.41, 5.74) is 0.858. The topological polar surface area (TPSA) is 102 Å². The van der Waals surface area contributed by atoms with Gasteiger partial charge in [-0.05, 0) is 37.3 Å². The van der Waals surface area contributed by atoms with Crippen LogP contribution in [0.1, 0.15) is 11.5 Å². The van der Waals surface area contributed by atoms with Gasteiger partial charge in [-0.3, -0.25) is 0 Å². The first-order valence-electron chi connectivity index (χ1n) is 7.74. The van der Waals surface area contributed by atoms with E-state index >= 15 is 0 Å². The Kier molecular flexibility index (Phi) is 3.92. The standard InChI is InChI=1S/C17H14N4O4S/c1-12-15-9-14(10-19-17(15)25-20-12)26(22,23)21(11-13-5-4-8-24-13)16-6-2-3-7-18-16/h2-10H,11H2,1H3. The lowest BCUT2D eigenvalue weighted by Gasteiger charge is -2.22. The van der Waals surface area contributed by atoms with E-state index in [4.69, 9.17) is 8.94 Å². The monoisotopic (exact) mass is 370 g/mol. The summed E-state index contributed by atoms with van der Waals surface area (Å²) in [5.74, 6) is 0.778. The Labute approximate surface area is 149 Å². The van der Waals surface area contributed by atoms with Gasteiger partial charge in [-0.2, -0.15) is 0 Å². The van der Waals surface area contributed by atoms with Gasteiger partial charge in [0.25, 0.3) is 15.7 Å². The maximum Gasteiger partial charge on any atom is 0.267 e. The fourth-order valence-corrected chi connectivity index (χ4v) is 3.89. The summed E-state index contributed by atoms with van der Waals surface area (Å²) in [5, 5.41) is 4.36. The van der Waals surface area contributed by atoms with Crippen LogP contribution in [-0.4, -0.2) is 23.5 Å². The number of rotatable bonds is 5. The van der Waals surface area contributed by atoms with Crippen molar-refractivity contribution in [2.45, 2.75) is 18.4 Å². The summed E-state index contributed by atoms with van der Waals surface area (Å²) in [6.45, 7) is 1.73. The first-order chi connectivity index (χ1) is 12.6. The molecule has 0 saturated heterocycles. The third-order valence-corrected chi connectivity index (χ3v) is 5.57. The lowest BCUT2D eigenvalue weighted by atomic mass is 10.3. The van der Waals surface area contributed by atoms with E-state index < -0.39 is 10.0 Å². The quantitative estimate of drug-likeness (QED) is 0.532. The van der Waals surface area contributed by atoms with Crippen molar-refractivity contribution in [1.29, 1.82) is 0 Å². The third-order valence-electron chi connectivity index (χ3n) is 3.86. The van der Waals surface area contributed by atoms with Crippen LogP contribution >= 0.6 is 0 Å². The molecule has 8 nitrogen and oxygen atoms in total. The molecule has 0 aliphatic rings. The summed E-state index contributed by atoms with van der Waals surface area (Å²) >= 11 is 0. The molecule has 9 heteroatoms. The molecule has 0 aliphatic heterocycles. The van der Waals surface area contributed by atoms with E-state index in [2.05, 4.69) is 15.1 Å². The van der Waals surface area contributed by atoms with E-state index in [1.807, 2.05) is 0 Å². The van der Waals surface area contributed by atoms with Gasteiger partial charge in [0, 0.05) is 6.20 Å². The number of furan rings is 1. The van der Waals surface area contributed by atoms with Crippen LogP contribution in [0.5, 0.6) is 0 Å². The van der Waals surface area contributed by atoms with Crippen LogP contribution in [-0.2, 0) is 16.6 Å². The molecule has 0 unspecified atom stereocenters. The fourth-order valence-electron chi connectivity index (χ4n) is 2.53. The molecule has 0 fully saturated rings. The third kappa shape index (κ3) is 2.82. The lowest BCUT2D eigenvalue weighted by molar-refractivity contribution is 0.442. The molecule has 4 aromatic rings. The molecule has 4 aromatic heterocycles. The average Bonchev–Trinajstić information content (AvgIpc) is 3.30. The number of fused-ring (bicyclic) bond motifs is 1. The highest BCUT2D eigenvalue weighted by Gasteiger charge is 2.28. The van der Waals surface area contributed by atoms with Crippen LogP contribution in [0.2, 0.25) is 0 Å².